The topological polar surface area (TPSA) is 84.9 Å². The SMILES string of the molecule is CN(CC1COc2ccccc2O1)C(=O)/C=C/c1ccc(NS(C)(=O)=O)cc1. The first kappa shape index (κ1) is 19.8. The zero-order valence-corrected chi connectivity index (χ0v) is 16.5. The molecule has 8 heteroatoms. The number of sulfonamides is 1. The minimum absolute atomic E-state index is 0.166. The Kier molecular flexibility index (Phi) is 5.89. The van der Waals surface area contributed by atoms with Gasteiger partial charge >= 0.3 is 0 Å². The van der Waals surface area contributed by atoms with E-state index in [0.29, 0.717) is 30.3 Å². The number of fused-ring (bicyclic) bond motifs is 1. The van der Waals surface area contributed by atoms with Gasteiger partial charge in [0.05, 0.1) is 12.8 Å². The van der Waals surface area contributed by atoms with E-state index in [-0.39, 0.29) is 12.0 Å². The summed E-state index contributed by atoms with van der Waals surface area (Å²) in [5.74, 6) is 1.22. The van der Waals surface area contributed by atoms with Crippen LogP contribution in [-0.2, 0) is 14.8 Å². The molecule has 1 aliphatic rings. The van der Waals surface area contributed by atoms with Gasteiger partial charge in [-0.1, -0.05) is 24.3 Å². The van der Waals surface area contributed by atoms with E-state index in [2.05, 4.69) is 4.72 Å². The monoisotopic (exact) mass is 402 g/mol. The molecule has 1 amide bonds. The van der Waals surface area contributed by atoms with Crippen LogP contribution in [0.4, 0.5) is 5.69 Å². The molecule has 0 aromatic heterocycles. The number of carbonyl (C=O) groups is 1. The first-order valence-electron chi connectivity index (χ1n) is 8.70. The lowest BCUT2D eigenvalue weighted by atomic mass is 10.2. The van der Waals surface area contributed by atoms with Gasteiger partial charge in [-0.3, -0.25) is 9.52 Å². The van der Waals surface area contributed by atoms with E-state index in [4.69, 9.17) is 9.47 Å². The van der Waals surface area contributed by atoms with Crippen molar-refractivity contribution in [1.29, 1.82) is 0 Å². The lowest BCUT2D eigenvalue weighted by Gasteiger charge is -2.29. The number of hydrogen-bond acceptors (Lipinski definition) is 5. The number of nitrogens with one attached hydrogen (secondary N) is 1. The number of para-hydroxylation sites is 2. The number of likely N-dealkylation sites (N-methyl/N-ethyl adjacent to an activating group) is 1. The quantitative estimate of drug-likeness (QED) is 0.750. The summed E-state index contributed by atoms with van der Waals surface area (Å²) in [6.45, 7) is 0.780. The van der Waals surface area contributed by atoms with Gasteiger partial charge < -0.3 is 14.4 Å². The van der Waals surface area contributed by atoms with Crippen LogP contribution in [0.15, 0.2) is 54.6 Å². The van der Waals surface area contributed by atoms with Crippen LogP contribution in [-0.4, -0.2) is 51.8 Å². The van der Waals surface area contributed by atoms with E-state index in [9.17, 15) is 13.2 Å². The third-order valence-corrected chi connectivity index (χ3v) is 4.66. The zero-order valence-electron chi connectivity index (χ0n) is 15.7. The maximum atomic E-state index is 12.3. The van der Waals surface area contributed by atoms with Crippen LogP contribution in [0.25, 0.3) is 6.08 Å². The summed E-state index contributed by atoms with van der Waals surface area (Å²) < 4.78 is 36.3. The molecule has 0 spiro atoms. The summed E-state index contributed by atoms with van der Waals surface area (Å²) in [4.78, 5) is 13.9. The Labute approximate surface area is 164 Å². The van der Waals surface area contributed by atoms with Crippen molar-refractivity contribution in [3.05, 3.63) is 60.2 Å². The molecule has 1 unspecified atom stereocenters. The summed E-state index contributed by atoms with van der Waals surface area (Å²) in [6, 6.07) is 14.2. The molecule has 7 nitrogen and oxygen atoms in total. The standard InChI is InChI=1S/C20H22N2O5S/c1-22(13-17-14-26-18-5-3-4-6-19(18)27-17)20(23)12-9-15-7-10-16(11-8-15)21-28(2,24)25/h3-12,17,21H,13-14H2,1-2H3/b12-9+. The van der Waals surface area contributed by atoms with E-state index < -0.39 is 10.0 Å². The maximum absolute atomic E-state index is 12.3. The van der Waals surface area contributed by atoms with Crippen molar-refractivity contribution in [1.82, 2.24) is 4.90 Å². The molecule has 0 bridgehead atoms. The molecule has 0 aliphatic carbocycles. The molecule has 0 fully saturated rings. The van der Waals surface area contributed by atoms with Crippen LogP contribution in [0.3, 0.4) is 0 Å². The Morgan fingerprint density at radius 3 is 2.54 bits per heavy atom. The van der Waals surface area contributed by atoms with Gasteiger partial charge in [-0.05, 0) is 35.9 Å². The number of nitrogens with zero attached hydrogens (tertiary/aromatic N) is 1. The van der Waals surface area contributed by atoms with Crippen LogP contribution in [0, 0.1) is 0 Å². The van der Waals surface area contributed by atoms with E-state index >= 15 is 0 Å². The number of rotatable bonds is 6. The first-order valence-corrected chi connectivity index (χ1v) is 10.6. The molecular weight excluding hydrogens is 380 g/mol. The zero-order chi connectivity index (χ0) is 20.1. The van der Waals surface area contributed by atoms with E-state index in [1.54, 1.807) is 42.3 Å². The van der Waals surface area contributed by atoms with Crippen molar-refractivity contribution in [3.63, 3.8) is 0 Å². The van der Waals surface area contributed by atoms with Gasteiger partial charge in [0, 0.05) is 18.8 Å². The second-order valence-corrected chi connectivity index (χ2v) is 8.29. The van der Waals surface area contributed by atoms with Crippen LogP contribution in [0.5, 0.6) is 11.5 Å². The molecule has 148 valence electrons. The lowest BCUT2D eigenvalue weighted by Crippen LogP contribution is -2.41. The normalized spacial score (nSPS) is 16.0. The summed E-state index contributed by atoms with van der Waals surface area (Å²) in [6.07, 6.45) is 4.00. The number of carbonyl (C=O) groups excluding carboxylic acids is 1. The summed E-state index contributed by atoms with van der Waals surface area (Å²) >= 11 is 0. The predicted octanol–water partition coefficient (Wildman–Crippen LogP) is 2.37. The molecule has 0 saturated carbocycles. The maximum Gasteiger partial charge on any atom is 0.246 e. The summed E-state index contributed by atoms with van der Waals surface area (Å²) in [7, 11) is -1.61. The number of amides is 1. The van der Waals surface area contributed by atoms with Gasteiger partial charge in [-0.25, -0.2) is 8.42 Å². The molecular formula is C20H22N2O5S. The van der Waals surface area contributed by atoms with Crippen molar-refractivity contribution >= 4 is 27.7 Å². The van der Waals surface area contributed by atoms with E-state index in [0.717, 1.165) is 11.8 Å². The second-order valence-electron chi connectivity index (χ2n) is 6.55. The first-order chi connectivity index (χ1) is 13.3. The molecule has 2 aromatic carbocycles. The average molecular weight is 402 g/mol. The van der Waals surface area contributed by atoms with E-state index in [1.807, 2.05) is 24.3 Å². The smallest absolute Gasteiger partial charge is 0.246 e. The molecule has 0 radical (unpaired) electrons. The van der Waals surface area contributed by atoms with Gasteiger partial charge in [0.25, 0.3) is 0 Å². The van der Waals surface area contributed by atoms with Gasteiger partial charge in [0.1, 0.15) is 6.61 Å². The lowest BCUT2D eigenvalue weighted by molar-refractivity contribution is -0.126. The van der Waals surface area contributed by atoms with E-state index in [1.165, 1.54) is 6.08 Å². The average Bonchev–Trinajstić information content (AvgIpc) is 2.66. The fourth-order valence-electron chi connectivity index (χ4n) is 2.72. The third-order valence-electron chi connectivity index (χ3n) is 4.05. The molecule has 1 atom stereocenters. The molecule has 2 aromatic rings. The minimum atomic E-state index is -3.31. The van der Waals surface area contributed by atoms with Crippen LogP contribution in [0.1, 0.15) is 5.56 Å². The van der Waals surface area contributed by atoms with Gasteiger partial charge in [0.15, 0.2) is 17.6 Å². The van der Waals surface area contributed by atoms with Crippen molar-refractivity contribution in [2.45, 2.75) is 6.10 Å². The molecule has 3 rings (SSSR count). The van der Waals surface area contributed by atoms with Crippen LogP contribution in [0.2, 0.25) is 0 Å². The van der Waals surface area contributed by atoms with Crippen LogP contribution < -0.4 is 14.2 Å². The minimum Gasteiger partial charge on any atom is -0.486 e. The van der Waals surface area contributed by atoms with Crippen LogP contribution >= 0.6 is 0 Å². The van der Waals surface area contributed by atoms with Gasteiger partial charge in [0.2, 0.25) is 15.9 Å². The number of anilines is 1. The van der Waals surface area contributed by atoms with Crippen molar-refractivity contribution < 1.29 is 22.7 Å². The molecule has 1 aliphatic heterocycles. The summed E-state index contributed by atoms with van der Waals surface area (Å²) in [5.41, 5.74) is 1.25. The highest BCUT2D eigenvalue weighted by molar-refractivity contribution is 7.92. The van der Waals surface area contributed by atoms with Crippen molar-refractivity contribution in [2.75, 3.05) is 31.2 Å². The Hall–Kier alpha value is -3.00. The van der Waals surface area contributed by atoms with Crippen molar-refractivity contribution in [3.8, 4) is 11.5 Å². The van der Waals surface area contributed by atoms with Crippen molar-refractivity contribution in [2.24, 2.45) is 0 Å². The predicted molar refractivity (Wildman–Crippen MR) is 108 cm³/mol. The highest BCUT2D eigenvalue weighted by Gasteiger charge is 2.23. The Morgan fingerprint density at radius 1 is 1.18 bits per heavy atom. The third kappa shape index (κ3) is 5.50. The molecule has 1 N–H and O–H groups in total. The highest BCUT2D eigenvalue weighted by Crippen LogP contribution is 2.30. The number of ether oxygens (including phenoxy) is 2. The fourth-order valence-corrected chi connectivity index (χ4v) is 3.28. The Bertz CT molecular complexity index is 970. The fraction of sp³-hybridized carbons (Fsp3) is 0.250. The Balaban J connectivity index is 1.54. The molecule has 0 saturated heterocycles. The highest BCUT2D eigenvalue weighted by atomic mass is 32.2. The summed E-state index contributed by atoms with van der Waals surface area (Å²) in [5, 5.41) is 0. The largest absolute Gasteiger partial charge is 0.486 e. The van der Waals surface area contributed by atoms with Gasteiger partial charge in [-0.15, -0.1) is 0 Å². The van der Waals surface area contributed by atoms with Gasteiger partial charge in [-0.2, -0.15) is 0 Å². The Morgan fingerprint density at radius 2 is 1.86 bits per heavy atom. The molecule has 1 heterocycles. The number of hydrogen-bond donors (Lipinski definition) is 1. The number of benzene rings is 2. The molecule has 28 heavy (non-hydrogen) atoms. The second kappa shape index (κ2) is 8.35.